The number of carbonyl (C=O) groups excluding carboxylic acids is 1. The minimum Gasteiger partial charge on any atom is -0.371 e. The van der Waals surface area contributed by atoms with Crippen LogP contribution in [-0.4, -0.2) is 47.6 Å². The molecule has 0 unspecified atom stereocenters. The third kappa shape index (κ3) is 3.39. The lowest BCUT2D eigenvalue weighted by Gasteiger charge is -2.35. The van der Waals surface area contributed by atoms with Gasteiger partial charge in [-0.05, 0) is 36.2 Å². The normalized spacial score (nSPS) is 24.8. The predicted octanol–water partition coefficient (Wildman–Crippen LogP) is 3.18. The molecule has 5 heteroatoms. The van der Waals surface area contributed by atoms with Crippen molar-refractivity contribution in [1.29, 1.82) is 0 Å². The van der Waals surface area contributed by atoms with Crippen LogP contribution in [0.2, 0.25) is 0 Å². The Bertz CT molecular complexity index is 991. The number of amides is 1. The first-order chi connectivity index (χ1) is 13.8. The topological polar surface area (TPSA) is 54.5 Å². The smallest absolute Gasteiger partial charge is 0.251 e. The molecule has 0 spiro atoms. The third-order valence-electron chi connectivity index (χ3n) is 5.79. The van der Waals surface area contributed by atoms with Gasteiger partial charge >= 0.3 is 0 Å². The lowest BCUT2D eigenvalue weighted by molar-refractivity contribution is -0.0502. The Morgan fingerprint density at radius 3 is 2.86 bits per heavy atom. The number of benzene rings is 2. The first-order valence-electron chi connectivity index (χ1n) is 9.82. The van der Waals surface area contributed by atoms with E-state index in [1.807, 2.05) is 36.4 Å². The lowest BCUT2D eigenvalue weighted by atomic mass is 10.1. The standard InChI is InChI=1S/C23H23N3O2/c27-23(18-8-9-21-17(11-18)7-4-10-24-21)25-19-12-20-15-28-22(14-26(20)13-19)16-5-2-1-3-6-16/h1-11,19-20,22H,12-15H2,(H,25,27)/t19-,20-,22+/m0/s1. The van der Waals surface area contributed by atoms with Gasteiger partial charge in [-0.15, -0.1) is 0 Å². The van der Waals surface area contributed by atoms with E-state index < -0.39 is 0 Å². The van der Waals surface area contributed by atoms with Crippen LogP contribution in [0, 0.1) is 0 Å². The van der Waals surface area contributed by atoms with Gasteiger partial charge in [-0.3, -0.25) is 14.7 Å². The highest BCUT2D eigenvalue weighted by Crippen LogP contribution is 2.30. The average Bonchev–Trinajstić information content (AvgIpc) is 3.15. The fraction of sp³-hybridized carbons (Fsp3) is 0.304. The number of aromatic nitrogens is 1. The van der Waals surface area contributed by atoms with Gasteiger partial charge in [0.15, 0.2) is 0 Å². The van der Waals surface area contributed by atoms with Crippen LogP contribution in [0.1, 0.15) is 28.4 Å². The molecule has 1 amide bonds. The Morgan fingerprint density at radius 1 is 1.07 bits per heavy atom. The van der Waals surface area contributed by atoms with Crippen molar-refractivity contribution in [1.82, 2.24) is 15.2 Å². The largest absolute Gasteiger partial charge is 0.371 e. The molecule has 3 atom stereocenters. The molecule has 5 rings (SSSR count). The van der Waals surface area contributed by atoms with E-state index in [-0.39, 0.29) is 18.1 Å². The number of nitrogens with zero attached hydrogens (tertiary/aromatic N) is 2. The summed E-state index contributed by atoms with van der Waals surface area (Å²) in [5.74, 6) is -0.0175. The molecule has 1 aromatic heterocycles. The van der Waals surface area contributed by atoms with E-state index >= 15 is 0 Å². The van der Waals surface area contributed by atoms with E-state index in [9.17, 15) is 4.79 Å². The number of ether oxygens (including phenoxy) is 1. The van der Waals surface area contributed by atoms with Crippen LogP contribution in [-0.2, 0) is 4.74 Å². The average molecular weight is 373 g/mol. The van der Waals surface area contributed by atoms with Crippen LogP contribution in [0.5, 0.6) is 0 Å². The molecule has 3 aromatic rings. The molecule has 2 saturated heterocycles. The quantitative estimate of drug-likeness (QED) is 0.766. The summed E-state index contributed by atoms with van der Waals surface area (Å²) in [6.07, 6.45) is 2.81. The zero-order valence-corrected chi connectivity index (χ0v) is 15.6. The van der Waals surface area contributed by atoms with Crippen LogP contribution in [0.15, 0.2) is 66.9 Å². The fourth-order valence-electron chi connectivity index (χ4n) is 4.33. The number of morpholine rings is 1. The lowest BCUT2D eigenvalue weighted by Crippen LogP contribution is -2.43. The Hall–Kier alpha value is -2.76. The highest BCUT2D eigenvalue weighted by molar-refractivity contribution is 5.98. The second-order valence-electron chi connectivity index (χ2n) is 7.66. The highest BCUT2D eigenvalue weighted by Gasteiger charge is 2.38. The SMILES string of the molecule is O=C(N[C@H]1C[C@H]2CO[C@@H](c3ccccc3)CN2C1)c1ccc2ncccc2c1. The zero-order valence-electron chi connectivity index (χ0n) is 15.6. The maximum atomic E-state index is 12.8. The molecule has 2 fully saturated rings. The molecule has 0 saturated carbocycles. The molecule has 5 nitrogen and oxygen atoms in total. The summed E-state index contributed by atoms with van der Waals surface area (Å²) in [5.41, 5.74) is 2.81. The molecule has 2 aliphatic rings. The van der Waals surface area contributed by atoms with E-state index in [1.54, 1.807) is 6.20 Å². The van der Waals surface area contributed by atoms with Crippen molar-refractivity contribution in [2.75, 3.05) is 19.7 Å². The van der Waals surface area contributed by atoms with Crippen molar-refractivity contribution < 1.29 is 9.53 Å². The monoisotopic (exact) mass is 373 g/mol. The molecule has 28 heavy (non-hydrogen) atoms. The van der Waals surface area contributed by atoms with Crippen LogP contribution in [0.25, 0.3) is 10.9 Å². The summed E-state index contributed by atoms with van der Waals surface area (Å²) in [4.78, 5) is 19.5. The molecule has 142 valence electrons. The second-order valence-corrected chi connectivity index (χ2v) is 7.66. The molecule has 2 aromatic carbocycles. The van der Waals surface area contributed by atoms with Gasteiger partial charge in [0.2, 0.25) is 0 Å². The minimum absolute atomic E-state index is 0.0175. The molecule has 0 aliphatic carbocycles. The number of nitrogens with one attached hydrogen (secondary N) is 1. The van der Waals surface area contributed by atoms with Crippen molar-refractivity contribution in [3.8, 4) is 0 Å². The zero-order chi connectivity index (χ0) is 18.9. The maximum absolute atomic E-state index is 12.8. The summed E-state index contributed by atoms with van der Waals surface area (Å²) < 4.78 is 6.10. The molecular weight excluding hydrogens is 350 g/mol. The number of hydrogen-bond donors (Lipinski definition) is 1. The van der Waals surface area contributed by atoms with Crippen molar-refractivity contribution in [2.24, 2.45) is 0 Å². The number of hydrogen-bond acceptors (Lipinski definition) is 4. The van der Waals surface area contributed by atoms with Crippen LogP contribution >= 0.6 is 0 Å². The Balaban J connectivity index is 1.24. The molecule has 3 heterocycles. The fourth-order valence-corrected chi connectivity index (χ4v) is 4.33. The highest BCUT2D eigenvalue weighted by atomic mass is 16.5. The summed E-state index contributed by atoms with van der Waals surface area (Å²) in [5, 5.41) is 4.20. The number of rotatable bonds is 3. The van der Waals surface area contributed by atoms with E-state index in [4.69, 9.17) is 4.74 Å². The first kappa shape index (κ1) is 17.3. The summed E-state index contributed by atoms with van der Waals surface area (Å²) in [6.45, 7) is 2.47. The number of pyridine rings is 1. The Morgan fingerprint density at radius 2 is 1.96 bits per heavy atom. The van der Waals surface area contributed by atoms with Gasteiger partial charge in [0.05, 0.1) is 18.2 Å². The van der Waals surface area contributed by atoms with E-state index in [0.717, 1.165) is 30.4 Å². The van der Waals surface area contributed by atoms with E-state index in [1.165, 1.54) is 5.56 Å². The third-order valence-corrected chi connectivity index (χ3v) is 5.79. The van der Waals surface area contributed by atoms with Crippen molar-refractivity contribution in [3.05, 3.63) is 78.0 Å². The number of fused-ring (bicyclic) bond motifs is 2. The summed E-state index contributed by atoms with van der Waals surface area (Å²) >= 11 is 0. The molecular formula is C23H23N3O2. The second kappa shape index (κ2) is 7.34. The molecule has 2 aliphatic heterocycles. The van der Waals surface area contributed by atoms with Gasteiger partial charge in [0.25, 0.3) is 5.91 Å². The Kier molecular flexibility index (Phi) is 4.55. The van der Waals surface area contributed by atoms with Gasteiger partial charge < -0.3 is 10.1 Å². The van der Waals surface area contributed by atoms with Crippen molar-refractivity contribution >= 4 is 16.8 Å². The molecule has 0 bridgehead atoms. The van der Waals surface area contributed by atoms with Crippen LogP contribution in [0.3, 0.4) is 0 Å². The molecule has 1 N–H and O–H groups in total. The summed E-state index contributed by atoms with van der Waals surface area (Å²) in [6, 6.07) is 20.4. The van der Waals surface area contributed by atoms with Gasteiger partial charge in [-0.2, -0.15) is 0 Å². The van der Waals surface area contributed by atoms with Crippen molar-refractivity contribution in [2.45, 2.75) is 24.6 Å². The minimum atomic E-state index is -0.0175. The van der Waals surface area contributed by atoms with Gasteiger partial charge in [-0.1, -0.05) is 36.4 Å². The van der Waals surface area contributed by atoms with Gasteiger partial charge in [-0.25, -0.2) is 0 Å². The molecule has 0 radical (unpaired) electrons. The van der Waals surface area contributed by atoms with Gasteiger partial charge in [0, 0.05) is 42.3 Å². The predicted molar refractivity (Wildman–Crippen MR) is 108 cm³/mol. The van der Waals surface area contributed by atoms with Crippen molar-refractivity contribution in [3.63, 3.8) is 0 Å². The van der Waals surface area contributed by atoms with Gasteiger partial charge in [0.1, 0.15) is 0 Å². The van der Waals surface area contributed by atoms with E-state index in [2.05, 4.69) is 39.5 Å². The van der Waals surface area contributed by atoms with Crippen LogP contribution < -0.4 is 5.32 Å². The Labute approximate surface area is 164 Å². The van der Waals surface area contributed by atoms with Crippen LogP contribution in [0.4, 0.5) is 0 Å². The first-order valence-corrected chi connectivity index (χ1v) is 9.82. The maximum Gasteiger partial charge on any atom is 0.251 e. The summed E-state index contributed by atoms with van der Waals surface area (Å²) in [7, 11) is 0. The number of carbonyl (C=O) groups is 1. The van der Waals surface area contributed by atoms with E-state index in [0.29, 0.717) is 18.2 Å².